The van der Waals surface area contributed by atoms with E-state index in [9.17, 15) is 4.79 Å². The van der Waals surface area contributed by atoms with Crippen molar-refractivity contribution in [3.63, 3.8) is 0 Å². The molecule has 0 saturated carbocycles. The van der Waals surface area contributed by atoms with Crippen LogP contribution in [0.3, 0.4) is 0 Å². The van der Waals surface area contributed by atoms with E-state index in [1.165, 1.54) is 6.33 Å². The number of ether oxygens (including phenoxy) is 1. The Hall–Kier alpha value is -3.39. The van der Waals surface area contributed by atoms with E-state index in [0.29, 0.717) is 35.0 Å². The molecule has 1 saturated heterocycles. The Bertz CT molecular complexity index is 1040. The van der Waals surface area contributed by atoms with Gasteiger partial charge in [-0.3, -0.25) is 4.79 Å². The molecule has 2 N–H and O–H groups in total. The number of anilines is 3. The van der Waals surface area contributed by atoms with E-state index in [4.69, 9.17) is 16.3 Å². The lowest BCUT2D eigenvalue weighted by Crippen LogP contribution is -2.50. The van der Waals surface area contributed by atoms with Crippen LogP contribution in [0, 0.1) is 5.92 Å². The predicted molar refractivity (Wildman–Crippen MR) is 116 cm³/mol. The van der Waals surface area contributed by atoms with E-state index in [2.05, 4.69) is 30.5 Å². The van der Waals surface area contributed by atoms with Gasteiger partial charge < -0.3 is 20.3 Å². The highest BCUT2D eigenvalue weighted by molar-refractivity contribution is 6.30. The molecule has 0 radical (unpaired) electrons. The number of rotatable bonds is 7. The molecule has 0 unspecified atom stereocenters. The van der Waals surface area contributed by atoms with Gasteiger partial charge in [-0.15, -0.1) is 0 Å². The van der Waals surface area contributed by atoms with Crippen LogP contribution in [-0.2, 0) is 0 Å². The third kappa shape index (κ3) is 4.77. The maximum atomic E-state index is 11.8. The first kappa shape index (κ1) is 19.9. The van der Waals surface area contributed by atoms with E-state index < -0.39 is 0 Å². The second kappa shape index (κ2) is 8.96. The van der Waals surface area contributed by atoms with Crippen LogP contribution in [0.5, 0.6) is 5.75 Å². The standard InChI is InChI=1S/C21H21ClN6O2/c1-23-19(29)15-4-2-6-17(8-15)26-20-24-13-25-21(27-20)28-10-14(11-28)12-30-18-7-3-5-16(22)9-18/h2-9,13-14H,10-12H2,1H3,(H,23,29)(H,24,25,26,27). The van der Waals surface area contributed by atoms with Gasteiger partial charge in [0.1, 0.15) is 12.1 Å². The maximum Gasteiger partial charge on any atom is 0.251 e. The lowest BCUT2D eigenvalue weighted by molar-refractivity contribution is 0.0963. The molecule has 0 atom stereocenters. The largest absolute Gasteiger partial charge is 0.493 e. The molecule has 0 spiro atoms. The summed E-state index contributed by atoms with van der Waals surface area (Å²) in [6, 6.07) is 14.5. The Morgan fingerprint density at radius 1 is 1.20 bits per heavy atom. The Morgan fingerprint density at radius 3 is 2.83 bits per heavy atom. The van der Waals surface area contributed by atoms with E-state index in [0.717, 1.165) is 24.5 Å². The van der Waals surface area contributed by atoms with Crippen molar-refractivity contribution in [2.24, 2.45) is 5.92 Å². The number of nitrogens with one attached hydrogen (secondary N) is 2. The van der Waals surface area contributed by atoms with Crippen molar-refractivity contribution in [3.05, 3.63) is 65.4 Å². The molecular weight excluding hydrogens is 404 g/mol. The highest BCUT2D eigenvalue weighted by atomic mass is 35.5. The minimum Gasteiger partial charge on any atom is -0.493 e. The van der Waals surface area contributed by atoms with Crippen molar-refractivity contribution in [1.82, 2.24) is 20.3 Å². The second-order valence-electron chi connectivity index (χ2n) is 6.93. The normalized spacial score (nSPS) is 13.5. The molecule has 1 aromatic heterocycles. The summed E-state index contributed by atoms with van der Waals surface area (Å²) < 4.78 is 5.81. The van der Waals surface area contributed by atoms with Crippen molar-refractivity contribution in [1.29, 1.82) is 0 Å². The first-order valence-electron chi connectivity index (χ1n) is 9.52. The topological polar surface area (TPSA) is 92.3 Å². The number of amides is 1. The molecule has 1 fully saturated rings. The molecule has 0 bridgehead atoms. The van der Waals surface area contributed by atoms with Crippen molar-refractivity contribution >= 4 is 35.1 Å². The van der Waals surface area contributed by atoms with E-state index in [1.807, 2.05) is 24.3 Å². The zero-order chi connectivity index (χ0) is 20.9. The first-order valence-corrected chi connectivity index (χ1v) is 9.90. The number of nitrogens with zero attached hydrogens (tertiary/aromatic N) is 4. The number of carbonyl (C=O) groups is 1. The lowest BCUT2D eigenvalue weighted by Gasteiger charge is -2.38. The van der Waals surface area contributed by atoms with E-state index in [-0.39, 0.29) is 5.91 Å². The van der Waals surface area contributed by atoms with Gasteiger partial charge in [-0.05, 0) is 36.4 Å². The van der Waals surface area contributed by atoms with Crippen molar-refractivity contribution in [2.75, 3.05) is 37.0 Å². The molecule has 30 heavy (non-hydrogen) atoms. The fourth-order valence-electron chi connectivity index (χ4n) is 3.12. The van der Waals surface area contributed by atoms with Crippen LogP contribution in [0.4, 0.5) is 17.6 Å². The summed E-state index contributed by atoms with van der Waals surface area (Å²) in [4.78, 5) is 26.8. The molecule has 3 aromatic rings. The number of aromatic nitrogens is 3. The third-order valence-electron chi connectivity index (χ3n) is 4.69. The van der Waals surface area contributed by atoms with Gasteiger partial charge in [0, 0.05) is 42.3 Å². The smallest absolute Gasteiger partial charge is 0.251 e. The van der Waals surface area contributed by atoms with E-state index in [1.54, 1.807) is 31.3 Å². The molecule has 0 aliphatic carbocycles. The van der Waals surface area contributed by atoms with Crippen molar-refractivity contribution < 1.29 is 9.53 Å². The van der Waals surface area contributed by atoms with Crippen molar-refractivity contribution in [2.45, 2.75) is 0 Å². The van der Waals surface area contributed by atoms with Gasteiger partial charge in [-0.1, -0.05) is 23.7 Å². The Kier molecular flexibility index (Phi) is 5.94. The van der Waals surface area contributed by atoms with Gasteiger partial charge >= 0.3 is 0 Å². The SMILES string of the molecule is CNC(=O)c1cccc(Nc2ncnc(N3CC(COc4cccc(Cl)c4)C3)n2)c1. The second-order valence-corrected chi connectivity index (χ2v) is 7.37. The summed E-state index contributed by atoms with van der Waals surface area (Å²) in [7, 11) is 1.60. The first-order chi connectivity index (χ1) is 14.6. The average Bonchev–Trinajstić information content (AvgIpc) is 2.72. The number of benzene rings is 2. The van der Waals surface area contributed by atoms with Gasteiger partial charge in [0.05, 0.1) is 6.61 Å². The van der Waals surface area contributed by atoms with Crippen molar-refractivity contribution in [3.8, 4) is 5.75 Å². The zero-order valence-corrected chi connectivity index (χ0v) is 17.1. The zero-order valence-electron chi connectivity index (χ0n) is 16.4. The van der Waals surface area contributed by atoms with E-state index >= 15 is 0 Å². The summed E-state index contributed by atoms with van der Waals surface area (Å²) in [5, 5.41) is 6.39. The van der Waals surface area contributed by atoms with Gasteiger partial charge in [0.15, 0.2) is 0 Å². The van der Waals surface area contributed by atoms with Crippen LogP contribution in [0.25, 0.3) is 0 Å². The molecule has 4 rings (SSSR count). The molecule has 2 aromatic carbocycles. The molecule has 1 aliphatic heterocycles. The molecule has 9 heteroatoms. The minimum absolute atomic E-state index is 0.151. The van der Waals surface area contributed by atoms with Crippen LogP contribution in [0.2, 0.25) is 5.02 Å². The Labute approximate surface area is 179 Å². The molecule has 154 valence electrons. The molecule has 1 amide bonds. The highest BCUT2D eigenvalue weighted by Gasteiger charge is 2.29. The number of hydrogen-bond acceptors (Lipinski definition) is 7. The van der Waals surface area contributed by atoms with Crippen LogP contribution in [0.15, 0.2) is 54.9 Å². The van der Waals surface area contributed by atoms with Crippen LogP contribution < -0.4 is 20.3 Å². The van der Waals surface area contributed by atoms with Crippen LogP contribution >= 0.6 is 11.6 Å². The van der Waals surface area contributed by atoms with Crippen LogP contribution in [0.1, 0.15) is 10.4 Å². The molecular formula is C21H21ClN6O2. The predicted octanol–water partition coefficient (Wildman–Crippen LogP) is 3.14. The molecule has 1 aliphatic rings. The number of carbonyl (C=O) groups excluding carboxylic acids is 1. The van der Waals surface area contributed by atoms with Gasteiger partial charge in [0.2, 0.25) is 11.9 Å². The van der Waals surface area contributed by atoms with Gasteiger partial charge in [-0.25, -0.2) is 9.97 Å². The summed E-state index contributed by atoms with van der Waals surface area (Å²) in [6.45, 7) is 2.21. The highest BCUT2D eigenvalue weighted by Crippen LogP contribution is 2.24. The average molecular weight is 425 g/mol. The molecule has 2 heterocycles. The summed E-state index contributed by atoms with van der Waals surface area (Å²) in [5.74, 6) is 2.04. The summed E-state index contributed by atoms with van der Waals surface area (Å²) in [6.07, 6.45) is 1.48. The quantitative estimate of drug-likeness (QED) is 0.601. The fraction of sp³-hybridized carbons (Fsp3) is 0.238. The molecule has 8 nitrogen and oxygen atoms in total. The lowest BCUT2D eigenvalue weighted by atomic mass is 10.0. The number of hydrogen-bond donors (Lipinski definition) is 2. The monoisotopic (exact) mass is 424 g/mol. The number of halogens is 1. The fourth-order valence-corrected chi connectivity index (χ4v) is 3.30. The van der Waals surface area contributed by atoms with Crippen LogP contribution in [-0.4, -0.2) is 47.6 Å². The summed E-state index contributed by atoms with van der Waals surface area (Å²) in [5.41, 5.74) is 1.28. The van der Waals surface area contributed by atoms with Gasteiger partial charge in [0.25, 0.3) is 5.91 Å². The Morgan fingerprint density at radius 2 is 2.03 bits per heavy atom. The Balaban J connectivity index is 1.33. The van der Waals surface area contributed by atoms with Gasteiger partial charge in [-0.2, -0.15) is 4.98 Å². The maximum absolute atomic E-state index is 11.8. The minimum atomic E-state index is -0.151. The summed E-state index contributed by atoms with van der Waals surface area (Å²) >= 11 is 5.98. The third-order valence-corrected chi connectivity index (χ3v) is 4.92.